The number of rotatable bonds is 2. The highest BCUT2D eigenvalue weighted by molar-refractivity contribution is 9.10. The van der Waals surface area contributed by atoms with E-state index in [1.807, 2.05) is 6.92 Å². The number of fused-ring (bicyclic) bond motifs is 1. The minimum Gasteiger partial charge on any atom is -0.385 e. The Kier molecular flexibility index (Phi) is 3.81. The maximum absolute atomic E-state index is 13.7. The van der Waals surface area contributed by atoms with Gasteiger partial charge in [0.15, 0.2) is 0 Å². The fraction of sp³-hybridized carbons (Fsp3) is 0.400. The fourth-order valence-electron chi connectivity index (χ4n) is 1.94. The molecule has 0 amide bonds. The van der Waals surface area contributed by atoms with Crippen LogP contribution in [0.5, 0.6) is 0 Å². The summed E-state index contributed by atoms with van der Waals surface area (Å²) in [4.78, 5) is 4.59. The van der Waals surface area contributed by atoms with Gasteiger partial charge in [-0.25, -0.2) is 4.39 Å². The summed E-state index contributed by atoms with van der Waals surface area (Å²) in [5.41, 5.74) is 2.57. The van der Waals surface area contributed by atoms with Crippen LogP contribution in [0.15, 0.2) is 22.7 Å². The number of aromatic nitrogens is 1. The molecule has 0 radical (unpaired) electrons. The molecule has 0 bridgehead atoms. The second-order valence-electron chi connectivity index (χ2n) is 5.62. The Morgan fingerprint density at radius 3 is 2.53 bits per heavy atom. The molecule has 0 fully saturated rings. The van der Waals surface area contributed by atoms with Gasteiger partial charge in [-0.2, -0.15) is 0 Å². The van der Waals surface area contributed by atoms with Crippen molar-refractivity contribution in [2.75, 3.05) is 11.9 Å². The summed E-state index contributed by atoms with van der Waals surface area (Å²) in [6, 6.07) is 5.31. The Labute approximate surface area is 121 Å². The van der Waals surface area contributed by atoms with Gasteiger partial charge in [-0.3, -0.25) is 4.98 Å². The number of benzene rings is 1. The van der Waals surface area contributed by atoms with Gasteiger partial charge in [0.1, 0.15) is 5.82 Å². The number of nitrogens with zero attached hydrogens (tertiary/aromatic N) is 1. The zero-order valence-corrected chi connectivity index (χ0v) is 13.2. The predicted octanol–water partition coefficient (Wildman–Crippen LogP) is 4.87. The van der Waals surface area contributed by atoms with Crippen LogP contribution in [0.1, 0.15) is 33.4 Å². The molecule has 0 spiro atoms. The lowest BCUT2D eigenvalue weighted by molar-refractivity contribution is 0.571. The molecule has 102 valence electrons. The molecule has 19 heavy (non-hydrogen) atoms. The van der Waals surface area contributed by atoms with Gasteiger partial charge in [-0.05, 0) is 35.0 Å². The molecule has 2 aromatic rings. The smallest absolute Gasteiger partial charge is 0.139 e. The average Bonchev–Trinajstić information content (AvgIpc) is 2.30. The Morgan fingerprint density at radius 2 is 1.95 bits per heavy atom. The first kappa shape index (κ1) is 14.3. The van der Waals surface area contributed by atoms with E-state index in [4.69, 9.17) is 0 Å². The second kappa shape index (κ2) is 5.08. The first-order chi connectivity index (χ1) is 8.82. The molecule has 0 saturated heterocycles. The first-order valence-electron chi connectivity index (χ1n) is 6.37. The summed E-state index contributed by atoms with van der Waals surface area (Å²) in [5, 5.41) is 4.26. The van der Waals surface area contributed by atoms with Gasteiger partial charge < -0.3 is 5.32 Å². The number of hydrogen-bond donors (Lipinski definition) is 1. The minimum atomic E-state index is -0.284. The molecule has 4 heteroatoms. The van der Waals surface area contributed by atoms with Gasteiger partial charge >= 0.3 is 0 Å². The van der Waals surface area contributed by atoms with Gasteiger partial charge in [0.2, 0.25) is 0 Å². The van der Waals surface area contributed by atoms with Crippen LogP contribution in [-0.4, -0.2) is 11.5 Å². The van der Waals surface area contributed by atoms with Crippen molar-refractivity contribution < 1.29 is 4.39 Å². The summed E-state index contributed by atoms with van der Waals surface area (Å²) in [6.45, 7) is 9.17. The van der Waals surface area contributed by atoms with Crippen molar-refractivity contribution >= 4 is 32.5 Å². The minimum absolute atomic E-state index is 0.0675. The molecule has 0 aliphatic carbocycles. The molecule has 0 aliphatic heterocycles. The topological polar surface area (TPSA) is 24.9 Å². The van der Waals surface area contributed by atoms with Crippen LogP contribution in [-0.2, 0) is 5.41 Å². The third-order valence-corrected chi connectivity index (χ3v) is 3.59. The molecule has 1 heterocycles. The van der Waals surface area contributed by atoms with Crippen molar-refractivity contribution in [3.63, 3.8) is 0 Å². The van der Waals surface area contributed by atoms with Crippen molar-refractivity contribution in [2.24, 2.45) is 0 Å². The monoisotopic (exact) mass is 324 g/mol. The molecule has 0 aliphatic rings. The summed E-state index contributed by atoms with van der Waals surface area (Å²) >= 11 is 3.23. The molecule has 2 nitrogen and oxygen atoms in total. The third-order valence-electron chi connectivity index (χ3n) is 2.99. The van der Waals surface area contributed by atoms with E-state index in [-0.39, 0.29) is 11.2 Å². The SMILES string of the molecule is CCNc1cc(C(C)(C)C)nc2cc(F)c(Br)cc12. The van der Waals surface area contributed by atoms with E-state index >= 15 is 0 Å². The third kappa shape index (κ3) is 2.89. The van der Waals surface area contributed by atoms with Crippen LogP contribution in [0.2, 0.25) is 0 Å². The van der Waals surface area contributed by atoms with Crippen LogP contribution in [0.25, 0.3) is 10.9 Å². The Morgan fingerprint density at radius 1 is 1.26 bits per heavy atom. The maximum atomic E-state index is 13.7. The van der Waals surface area contributed by atoms with Crippen molar-refractivity contribution in [3.8, 4) is 0 Å². The van der Waals surface area contributed by atoms with Crippen LogP contribution < -0.4 is 5.32 Å². The molecule has 0 atom stereocenters. The van der Waals surface area contributed by atoms with Gasteiger partial charge in [0.25, 0.3) is 0 Å². The highest BCUT2D eigenvalue weighted by Crippen LogP contribution is 2.32. The van der Waals surface area contributed by atoms with E-state index in [1.165, 1.54) is 6.07 Å². The predicted molar refractivity (Wildman–Crippen MR) is 82.3 cm³/mol. The quantitative estimate of drug-likeness (QED) is 0.852. The normalized spacial score (nSPS) is 11.9. The van der Waals surface area contributed by atoms with E-state index in [1.54, 1.807) is 6.07 Å². The highest BCUT2D eigenvalue weighted by atomic mass is 79.9. The largest absolute Gasteiger partial charge is 0.385 e. The number of anilines is 1. The second-order valence-corrected chi connectivity index (χ2v) is 6.47. The lowest BCUT2D eigenvalue weighted by atomic mass is 9.90. The number of nitrogens with one attached hydrogen (secondary N) is 1. The van der Waals surface area contributed by atoms with E-state index < -0.39 is 0 Å². The van der Waals surface area contributed by atoms with Crippen LogP contribution in [0.3, 0.4) is 0 Å². The molecule has 0 saturated carbocycles. The lowest BCUT2D eigenvalue weighted by Crippen LogP contribution is -2.14. The van der Waals surface area contributed by atoms with Gasteiger partial charge in [-0.1, -0.05) is 20.8 Å². The molecular weight excluding hydrogens is 307 g/mol. The van der Waals surface area contributed by atoms with Crippen LogP contribution in [0, 0.1) is 5.82 Å². The Bertz CT molecular complexity index is 618. The molecule has 1 N–H and O–H groups in total. The molecular formula is C15H18BrFN2. The first-order valence-corrected chi connectivity index (χ1v) is 7.16. The fourth-order valence-corrected chi connectivity index (χ4v) is 2.29. The van der Waals surface area contributed by atoms with Crippen LogP contribution >= 0.6 is 15.9 Å². The van der Waals surface area contributed by atoms with E-state index in [9.17, 15) is 4.39 Å². The Hall–Kier alpha value is -1.16. The summed E-state index contributed by atoms with van der Waals surface area (Å²) in [6.07, 6.45) is 0. The summed E-state index contributed by atoms with van der Waals surface area (Å²) in [5.74, 6) is -0.284. The van der Waals surface area contributed by atoms with Crippen molar-refractivity contribution in [3.05, 3.63) is 34.2 Å². The van der Waals surface area contributed by atoms with Gasteiger partial charge in [0.05, 0.1) is 9.99 Å². The summed E-state index contributed by atoms with van der Waals surface area (Å²) < 4.78 is 14.1. The maximum Gasteiger partial charge on any atom is 0.139 e. The van der Waals surface area contributed by atoms with Crippen molar-refractivity contribution in [2.45, 2.75) is 33.1 Å². The summed E-state index contributed by atoms with van der Waals surface area (Å²) in [7, 11) is 0. The van der Waals surface area contributed by atoms with Crippen molar-refractivity contribution in [1.29, 1.82) is 0 Å². The van der Waals surface area contributed by atoms with E-state index in [0.717, 1.165) is 23.3 Å². The zero-order valence-electron chi connectivity index (χ0n) is 11.6. The number of halogens is 2. The molecule has 1 aromatic heterocycles. The number of pyridine rings is 1. The standard InChI is InChI=1S/C15H18BrFN2/c1-5-18-12-8-14(15(2,3)4)19-13-7-11(17)10(16)6-9(12)13/h6-8H,5H2,1-4H3,(H,18,19). The van der Waals surface area contributed by atoms with Crippen LogP contribution in [0.4, 0.5) is 10.1 Å². The average molecular weight is 325 g/mol. The van der Waals surface area contributed by atoms with Gasteiger partial charge in [0, 0.05) is 34.8 Å². The lowest BCUT2D eigenvalue weighted by Gasteiger charge is -2.20. The highest BCUT2D eigenvalue weighted by Gasteiger charge is 2.18. The van der Waals surface area contributed by atoms with E-state index in [0.29, 0.717) is 9.99 Å². The van der Waals surface area contributed by atoms with Crippen molar-refractivity contribution in [1.82, 2.24) is 4.98 Å². The molecule has 1 aromatic carbocycles. The van der Waals surface area contributed by atoms with Gasteiger partial charge in [-0.15, -0.1) is 0 Å². The zero-order chi connectivity index (χ0) is 14.2. The molecule has 2 rings (SSSR count). The molecule has 0 unspecified atom stereocenters. The number of hydrogen-bond acceptors (Lipinski definition) is 2. The van der Waals surface area contributed by atoms with E-state index in [2.05, 4.69) is 53.1 Å². The Balaban J connectivity index is 2.75.